The van der Waals surface area contributed by atoms with Gasteiger partial charge in [-0.3, -0.25) is 0 Å². The van der Waals surface area contributed by atoms with Crippen molar-refractivity contribution in [3.63, 3.8) is 0 Å². The fraction of sp³-hybridized carbons (Fsp3) is 0. The average molecular weight is 614 g/mol. The van der Waals surface area contributed by atoms with Crippen molar-refractivity contribution in [1.29, 1.82) is 0 Å². The van der Waals surface area contributed by atoms with E-state index in [0.717, 1.165) is 0 Å². The van der Waals surface area contributed by atoms with E-state index in [2.05, 4.69) is 193 Å². The van der Waals surface area contributed by atoms with Crippen LogP contribution in [0.2, 0.25) is 0 Å². The molecule has 0 amide bonds. The molecule has 0 radical (unpaired) electrons. The summed E-state index contributed by atoms with van der Waals surface area (Å²) in [6.45, 7) is 0. The van der Waals surface area contributed by atoms with Gasteiger partial charge in [-0.25, -0.2) is 0 Å². The van der Waals surface area contributed by atoms with Gasteiger partial charge in [0.15, 0.2) is 0 Å². The van der Waals surface area contributed by atoms with E-state index in [9.17, 15) is 0 Å². The lowest BCUT2D eigenvalue weighted by atomic mass is 10.1. The topological polar surface area (TPSA) is 3.24 Å². The number of hydrogen-bond acceptors (Lipinski definition) is 1. The summed E-state index contributed by atoms with van der Waals surface area (Å²) in [5.74, 6) is 0. The first kappa shape index (κ1) is 26.4. The Morgan fingerprint density at radius 3 is 0.911 bits per heavy atom. The Hall–Kier alpha value is -4.96. The molecule has 3 heteroatoms. The van der Waals surface area contributed by atoms with Crippen LogP contribution in [-0.2, 0) is 0 Å². The lowest BCUT2D eigenvalue weighted by molar-refractivity contribution is 1.04. The van der Waals surface area contributed by atoms with Gasteiger partial charge in [0.2, 0.25) is 0 Å². The molecule has 0 atom stereocenters. The molecule has 7 aromatic carbocycles. The Labute approximate surface area is 268 Å². The number of benzene rings is 7. The molecule has 45 heavy (non-hydrogen) atoms. The third-order valence-electron chi connectivity index (χ3n) is 9.10. The zero-order valence-corrected chi connectivity index (χ0v) is 26.3. The Bertz CT molecular complexity index is 1930. The molecule has 0 saturated carbocycles. The fourth-order valence-electron chi connectivity index (χ4n) is 7.41. The summed E-state index contributed by atoms with van der Waals surface area (Å²) in [4.78, 5) is 13.6. The molecule has 0 fully saturated rings. The quantitative estimate of drug-likeness (QED) is 0.191. The first-order valence-electron chi connectivity index (χ1n) is 15.3. The van der Waals surface area contributed by atoms with Crippen molar-refractivity contribution >= 4 is 37.1 Å². The molecular weight excluding hydrogens is 583 g/mol. The molecule has 216 valence electrons. The number of rotatable bonds is 4. The van der Waals surface area contributed by atoms with E-state index in [0.29, 0.717) is 0 Å². The van der Waals surface area contributed by atoms with Crippen molar-refractivity contribution in [2.24, 2.45) is 0 Å². The van der Waals surface area contributed by atoms with E-state index in [1.165, 1.54) is 56.2 Å². The molecule has 2 aliphatic heterocycles. The molecule has 0 aliphatic carbocycles. The van der Waals surface area contributed by atoms with Crippen LogP contribution in [-0.4, -0.2) is 0 Å². The zero-order chi connectivity index (χ0) is 29.8. The van der Waals surface area contributed by atoms with Crippen LogP contribution < -0.4 is 4.90 Å². The summed E-state index contributed by atoms with van der Waals surface area (Å²) in [5, 5.41) is 0. The van der Waals surface area contributed by atoms with Crippen LogP contribution in [0.3, 0.4) is 0 Å². The lowest BCUT2D eigenvalue weighted by Gasteiger charge is -2.56. The summed E-state index contributed by atoms with van der Waals surface area (Å²) >= 11 is 0. The molecule has 9 rings (SSSR count). The number of nitrogens with zero attached hydrogens (tertiary/aromatic N) is 1. The number of para-hydroxylation sites is 3. The Kier molecular flexibility index (Phi) is 6.06. The second-order valence-electron chi connectivity index (χ2n) is 11.4. The number of hydrogen-bond donors (Lipinski definition) is 0. The first-order chi connectivity index (χ1) is 22.4. The monoisotopic (exact) mass is 613 g/mol. The predicted molar refractivity (Wildman–Crippen MR) is 188 cm³/mol. The molecule has 0 aromatic heterocycles. The molecule has 7 aromatic rings. The third-order valence-corrected chi connectivity index (χ3v) is 17.0. The second-order valence-corrected chi connectivity index (χ2v) is 17.4. The SMILES string of the molecule is c1ccc(S2(c3ccccc3)c3ccccc3N3c4ccccc4S(c4ccccc4)(c4ccccc4)c4cccc2c43)cc1. The molecule has 1 nitrogen and oxygen atoms in total. The molecule has 0 spiro atoms. The van der Waals surface area contributed by atoms with Crippen LogP contribution in [0, 0.1) is 0 Å². The summed E-state index contributed by atoms with van der Waals surface area (Å²) in [5.41, 5.74) is 3.86. The van der Waals surface area contributed by atoms with Gasteiger partial charge in [-0.1, -0.05) is 103 Å². The molecule has 0 saturated heterocycles. The smallest absolute Gasteiger partial charge is 0.0723 e. The minimum absolute atomic E-state index is 1.27. The molecule has 2 aliphatic rings. The maximum absolute atomic E-state index is 2.59. The van der Waals surface area contributed by atoms with Gasteiger partial charge >= 0.3 is 0 Å². The fourth-order valence-corrected chi connectivity index (χ4v) is 15.8. The van der Waals surface area contributed by atoms with Crippen molar-refractivity contribution in [3.8, 4) is 0 Å². The van der Waals surface area contributed by atoms with E-state index in [4.69, 9.17) is 0 Å². The van der Waals surface area contributed by atoms with E-state index < -0.39 is 20.1 Å². The molecular formula is C42H31NS2. The van der Waals surface area contributed by atoms with Crippen LogP contribution in [0.4, 0.5) is 17.1 Å². The summed E-state index contributed by atoms with van der Waals surface area (Å²) < 4.78 is 0. The molecule has 0 bridgehead atoms. The summed E-state index contributed by atoms with van der Waals surface area (Å²) in [6, 6.07) is 70.4. The van der Waals surface area contributed by atoms with Gasteiger partial charge in [-0.15, -0.1) is 20.1 Å². The summed E-state index contributed by atoms with van der Waals surface area (Å²) in [7, 11) is -3.70. The number of anilines is 3. The standard InChI is InChI=1S/C42H31NS2/c1-5-18-32(19-6-1)44(33-20-7-2-8-21-33)38-28-15-13-26-36(38)43-37-27-14-16-29-39(37)45(34-22-9-3-10-23-34,35-24-11-4-12-25-35)41-31-17-30-40(44)42(41)43/h1-31H. The van der Waals surface area contributed by atoms with Crippen molar-refractivity contribution in [2.75, 3.05) is 4.90 Å². The minimum atomic E-state index is -1.85. The molecule has 2 heterocycles. The van der Waals surface area contributed by atoms with Crippen LogP contribution in [0.5, 0.6) is 0 Å². The highest BCUT2D eigenvalue weighted by Crippen LogP contribution is 2.86. The zero-order valence-electron chi connectivity index (χ0n) is 24.7. The van der Waals surface area contributed by atoms with E-state index in [-0.39, 0.29) is 0 Å². The van der Waals surface area contributed by atoms with Gasteiger partial charge < -0.3 is 4.90 Å². The predicted octanol–water partition coefficient (Wildman–Crippen LogP) is 12.5. The van der Waals surface area contributed by atoms with Crippen LogP contribution in [0.15, 0.2) is 227 Å². The van der Waals surface area contributed by atoms with Gasteiger partial charge in [0.05, 0.1) is 17.1 Å². The average Bonchev–Trinajstić information content (AvgIpc) is 3.13. The maximum Gasteiger partial charge on any atom is 0.0723 e. The number of fused-ring (bicyclic) bond motifs is 4. The van der Waals surface area contributed by atoms with Gasteiger partial charge in [-0.2, -0.15) is 0 Å². The summed E-state index contributed by atoms with van der Waals surface area (Å²) in [6.07, 6.45) is 0. The largest absolute Gasteiger partial charge is 0.306 e. The van der Waals surface area contributed by atoms with Crippen molar-refractivity contribution in [3.05, 3.63) is 188 Å². The van der Waals surface area contributed by atoms with Crippen LogP contribution in [0.1, 0.15) is 0 Å². The van der Waals surface area contributed by atoms with E-state index >= 15 is 0 Å². The van der Waals surface area contributed by atoms with Gasteiger partial charge in [0.1, 0.15) is 0 Å². The maximum atomic E-state index is 2.59. The first-order valence-corrected chi connectivity index (χ1v) is 18.6. The van der Waals surface area contributed by atoms with Crippen LogP contribution in [0.25, 0.3) is 0 Å². The van der Waals surface area contributed by atoms with Crippen molar-refractivity contribution in [2.45, 2.75) is 39.2 Å². The van der Waals surface area contributed by atoms with Gasteiger partial charge in [0.25, 0.3) is 0 Å². The Morgan fingerprint density at radius 2 is 0.556 bits per heavy atom. The van der Waals surface area contributed by atoms with Crippen LogP contribution >= 0.6 is 20.1 Å². The van der Waals surface area contributed by atoms with Crippen molar-refractivity contribution in [1.82, 2.24) is 0 Å². The highest BCUT2D eigenvalue weighted by molar-refractivity contribution is 8.35. The molecule has 0 unspecified atom stereocenters. The highest BCUT2D eigenvalue weighted by Gasteiger charge is 2.50. The Morgan fingerprint density at radius 1 is 0.267 bits per heavy atom. The van der Waals surface area contributed by atoms with E-state index in [1.807, 2.05) is 0 Å². The second kappa shape index (κ2) is 10.3. The Balaban J connectivity index is 1.52. The minimum Gasteiger partial charge on any atom is -0.306 e. The van der Waals surface area contributed by atoms with Gasteiger partial charge in [-0.05, 0) is 84.9 Å². The third kappa shape index (κ3) is 3.54. The van der Waals surface area contributed by atoms with E-state index in [1.54, 1.807) is 0 Å². The molecule has 0 N–H and O–H groups in total. The van der Waals surface area contributed by atoms with Gasteiger partial charge in [0, 0.05) is 39.2 Å². The lowest BCUT2D eigenvalue weighted by Crippen LogP contribution is -2.27. The highest BCUT2D eigenvalue weighted by atomic mass is 32.3. The normalized spacial score (nSPS) is 16.4. The van der Waals surface area contributed by atoms with Crippen molar-refractivity contribution < 1.29 is 0 Å².